The molecular weight excluding hydrogens is 582 g/mol. The largest absolute Gasteiger partial charge is 0.506 e. The third-order valence-electron chi connectivity index (χ3n) is 7.56. The molecule has 0 aliphatic heterocycles. The molecule has 0 saturated heterocycles. The molecule has 8 N–H and O–H groups in total. The highest BCUT2D eigenvalue weighted by molar-refractivity contribution is 5.95. The summed E-state index contributed by atoms with van der Waals surface area (Å²) < 4.78 is 89.1. The summed E-state index contributed by atoms with van der Waals surface area (Å²) in [5, 5.41) is 25.0. The Kier molecular flexibility index (Phi) is 8.43. The smallest absolute Gasteiger partial charge is 0.407 e. The third-order valence-corrected chi connectivity index (χ3v) is 7.56. The Balaban J connectivity index is 1.75. The third kappa shape index (κ3) is 6.13. The lowest BCUT2D eigenvalue weighted by atomic mass is 9.66. The predicted octanol–water partition coefficient (Wildman–Crippen LogP) is 4.99. The number of phenols is 1. The van der Waals surface area contributed by atoms with E-state index >= 15 is 0 Å². The van der Waals surface area contributed by atoms with Crippen LogP contribution in [0.5, 0.6) is 5.75 Å². The van der Waals surface area contributed by atoms with Crippen LogP contribution in [0.1, 0.15) is 24.8 Å². The molecule has 14 heteroatoms. The van der Waals surface area contributed by atoms with Crippen molar-refractivity contribution in [2.75, 3.05) is 5.32 Å². The van der Waals surface area contributed by atoms with E-state index in [0.29, 0.717) is 35.7 Å². The fraction of sp³-hybridized carbons (Fsp3) is 0.310. The number of amides is 2. The van der Waals surface area contributed by atoms with Crippen LogP contribution in [0.15, 0.2) is 89.7 Å². The second kappa shape index (κ2) is 11.6. The van der Waals surface area contributed by atoms with Gasteiger partial charge < -0.3 is 32.3 Å². The second-order valence-electron chi connectivity index (χ2n) is 10.3. The first-order chi connectivity index (χ1) is 20.0. The molecule has 230 valence electrons. The zero-order valence-corrected chi connectivity index (χ0v) is 22.3. The summed E-state index contributed by atoms with van der Waals surface area (Å²) >= 11 is 0. The maximum atomic E-state index is 14.9. The summed E-state index contributed by atoms with van der Waals surface area (Å²) in [6, 6.07) is 1.53. The molecule has 3 aliphatic carbocycles. The number of anilines is 1. The van der Waals surface area contributed by atoms with E-state index in [1.165, 1.54) is 36.5 Å². The van der Waals surface area contributed by atoms with Crippen molar-refractivity contribution in [1.82, 2.24) is 5.32 Å². The molecule has 2 amide bonds. The number of aliphatic hydroxyl groups excluding tert-OH is 1. The van der Waals surface area contributed by atoms with Crippen LogP contribution in [0.2, 0.25) is 0 Å². The normalized spacial score (nSPS) is 22.6. The highest BCUT2D eigenvalue weighted by Gasteiger charge is 2.74. The number of allylic oxidation sites excluding steroid dienone is 6. The van der Waals surface area contributed by atoms with Crippen LogP contribution in [-0.4, -0.2) is 34.4 Å². The average molecular weight is 611 g/mol. The Morgan fingerprint density at radius 2 is 1.33 bits per heavy atom. The number of aliphatic hydroxyl groups is 1. The van der Waals surface area contributed by atoms with Crippen molar-refractivity contribution in [3.8, 4) is 5.75 Å². The summed E-state index contributed by atoms with van der Waals surface area (Å²) in [4.78, 5) is 25.5. The zero-order valence-electron chi connectivity index (χ0n) is 22.3. The summed E-state index contributed by atoms with van der Waals surface area (Å²) in [6.45, 7) is 0. The van der Waals surface area contributed by atoms with Crippen LogP contribution in [0.4, 0.5) is 32.0 Å². The number of aromatic hydroxyl groups is 1. The van der Waals surface area contributed by atoms with Crippen LogP contribution in [0, 0.1) is 17.8 Å². The molecule has 0 heterocycles. The van der Waals surface area contributed by atoms with Gasteiger partial charge in [-0.1, -0.05) is 36.4 Å². The number of carbonyl (C=O) groups is 2. The number of carbonyl (C=O) groups excluding carboxylic acids is 2. The van der Waals surface area contributed by atoms with Crippen LogP contribution in [0.3, 0.4) is 0 Å². The van der Waals surface area contributed by atoms with E-state index in [4.69, 9.17) is 11.5 Å². The number of nitrogens with one attached hydrogen (secondary N) is 2. The molecule has 43 heavy (non-hydrogen) atoms. The van der Waals surface area contributed by atoms with Gasteiger partial charge in [0, 0.05) is 17.3 Å². The van der Waals surface area contributed by atoms with Gasteiger partial charge in [-0.3, -0.25) is 9.59 Å². The Morgan fingerprint density at radius 3 is 1.81 bits per heavy atom. The van der Waals surface area contributed by atoms with Crippen molar-refractivity contribution >= 4 is 17.5 Å². The van der Waals surface area contributed by atoms with E-state index in [1.54, 1.807) is 0 Å². The minimum absolute atomic E-state index is 0.126. The van der Waals surface area contributed by atoms with Gasteiger partial charge in [0.25, 0.3) is 0 Å². The molecular formula is C29H28F6N4O4. The minimum atomic E-state index is -5.97. The lowest BCUT2D eigenvalue weighted by molar-refractivity contribution is -0.314. The first kappa shape index (κ1) is 31.3. The lowest BCUT2D eigenvalue weighted by Crippen LogP contribution is -2.58. The number of rotatable bonds is 6. The van der Waals surface area contributed by atoms with Crippen LogP contribution >= 0.6 is 0 Å². The number of nitrogens with two attached hydrogens (primary N) is 2. The summed E-state index contributed by atoms with van der Waals surface area (Å²) in [7, 11) is 0. The fourth-order valence-electron chi connectivity index (χ4n) is 5.23. The Hall–Kier alpha value is -4.62. The van der Waals surface area contributed by atoms with Crippen molar-refractivity contribution in [1.29, 1.82) is 0 Å². The number of alkyl halides is 6. The number of hydrogen-bond donors (Lipinski definition) is 6. The highest BCUT2D eigenvalue weighted by Crippen LogP contribution is 2.59. The van der Waals surface area contributed by atoms with Gasteiger partial charge in [-0.15, -0.1) is 0 Å². The maximum absolute atomic E-state index is 14.9. The van der Waals surface area contributed by atoms with Gasteiger partial charge in [-0.05, 0) is 55.2 Å². The summed E-state index contributed by atoms with van der Waals surface area (Å²) in [5.41, 5.74) is 4.80. The van der Waals surface area contributed by atoms with Crippen molar-refractivity contribution in [2.45, 2.75) is 37.0 Å². The van der Waals surface area contributed by atoms with Gasteiger partial charge in [0.05, 0.1) is 23.2 Å². The SMILES string of the molecule is NC1=CCC(C(=O)NC2=CC(C(c3ccc(O)c(NC(=O)C4C=CC(N)=CC4)c3)(C(F)(F)F)C(F)(F)F)CC=C2O)C=C1. The molecule has 0 bridgehead atoms. The monoisotopic (exact) mass is 610 g/mol. The van der Waals surface area contributed by atoms with Crippen molar-refractivity contribution in [3.63, 3.8) is 0 Å². The van der Waals surface area contributed by atoms with Gasteiger partial charge in [0.2, 0.25) is 11.8 Å². The molecule has 3 atom stereocenters. The molecule has 0 saturated carbocycles. The molecule has 3 unspecified atom stereocenters. The van der Waals surface area contributed by atoms with E-state index in [-0.39, 0.29) is 12.8 Å². The molecule has 0 radical (unpaired) electrons. The summed E-state index contributed by atoms with van der Waals surface area (Å²) in [5.74, 6) is -7.10. The molecule has 0 fully saturated rings. The number of hydrogen-bond acceptors (Lipinski definition) is 6. The van der Waals surface area contributed by atoms with Crippen molar-refractivity contribution in [2.24, 2.45) is 29.2 Å². The minimum Gasteiger partial charge on any atom is -0.506 e. The van der Waals surface area contributed by atoms with E-state index in [1.807, 2.05) is 0 Å². The summed E-state index contributed by atoms with van der Waals surface area (Å²) in [6.07, 6.45) is -2.57. The molecule has 8 nitrogen and oxygen atoms in total. The molecule has 0 spiro atoms. The predicted molar refractivity (Wildman–Crippen MR) is 145 cm³/mol. The van der Waals surface area contributed by atoms with Gasteiger partial charge in [-0.2, -0.15) is 26.3 Å². The first-order valence-electron chi connectivity index (χ1n) is 13.0. The standard InChI is InChI=1S/C29H28F6N4O4/c30-28(31,32)27(29(33,34)35,17-5-11-23(40)21(13-17)38-25(42)15-1-7-19(36)8-2-15)18-6-12-24(41)22(14-18)39-26(43)16-3-9-20(37)10-4-16/h1,3,5,7-16,18,40-41H,2,4,6,36-37H2,(H,38,42)(H,39,43). The molecule has 1 aromatic rings. The topological polar surface area (TPSA) is 151 Å². The van der Waals surface area contributed by atoms with Gasteiger partial charge in [0.1, 0.15) is 11.5 Å². The van der Waals surface area contributed by atoms with Gasteiger partial charge >= 0.3 is 12.4 Å². The van der Waals surface area contributed by atoms with Gasteiger partial charge in [0.15, 0.2) is 5.41 Å². The van der Waals surface area contributed by atoms with Crippen LogP contribution in [0.25, 0.3) is 0 Å². The number of benzene rings is 1. The molecule has 1 aromatic carbocycles. The molecule has 3 aliphatic rings. The number of phenolic OH excluding ortho intramolecular Hbond substituents is 1. The zero-order chi connectivity index (χ0) is 31.7. The van der Waals surface area contributed by atoms with Crippen LogP contribution < -0.4 is 22.1 Å². The van der Waals surface area contributed by atoms with Gasteiger partial charge in [-0.25, -0.2) is 0 Å². The molecule has 0 aromatic heterocycles. The average Bonchev–Trinajstić information content (AvgIpc) is 2.91. The quantitative estimate of drug-likeness (QED) is 0.197. The van der Waals surface area contributed by atoms with E-state index in [9.17, 15) is 46.1 Å². The van der Waals surface area contributed by atoms with Crippen molar-refractivity contribution < 1.29 is 46.1 Å². The Morgan fingerprint density at radius 1 is 0.791 bits per heavy atom. The number of halogens is 6. The Labute approximate surface area is 241 Å². The molecule has 4 rings (SSSR count). The van der Waals surface area contributed by atoms with Crippen molar-refractivity contribution in [3.05, 3.63) is 95.2 Å². The van der Waals surface area contributed by atoms with E-state index < -0.39 is 82.2 Å². The first-order valence-corrected chi connectivity index (χ1v) is 13.0. The fourth-order valence-corrected chi connectivity index (χ4v) is 5.23. The highest BCUT2D eigenvalue weighted by atomic mass is 19.4. The van der Waals surface area contributed by atoms with Crippen LogP contribution in [-0.2, 0) is 15.0 Å². The Bertz CT molecular complexity index is 1470. The van der Waals surface area contributed by atoms with E-state index in [2.05, 4.69) is 10.6 Å². The van der Waals surface area contributed by atoms with E-state index in [0.717, 1.165) is 6.08 Å². The maximum Gasteiger partial charge on any atom is 0.407 e. The second-order valence-corrected chi connectivity index (χ2v) is 10.3. The lowest BCUT2D eigenvalue weighted by Gasteiger charge is -2.43.